The maximum atomic E-state index is 13.2. The van der Waals surface area contributed by atoms with Gasteiger partial charge in [-0.15, -0.1) is 0 Å². The number of aromatic amines is 1. The molecule has 2 aliphatic heterocycles. The van der Waals surface area contributed by atoms with Crippen molar-refractivity contribution in [1.82, 2.24) is 24.5 Å². The van der Waals surface area contributed by atoms with Gasteiger partial charge in [-0.3, -0.25) is 14.7 Å². The summed E-state index contributed by atoms with van der Waals surface area (Å²) in [4.78, 5) is 23.2. The van der Waals surface area contributed by atoms with Gasteiger partial charge in [-0.2, -0.15) is 9.57 Å². The minimum atomic E-state index is -3.66. The molecule has 4 aromatic rings. The summed E-state index contributed by atoms with van der Waals surface area (Å²) >= 11 is 0. The Morgan fingerprint density at radius 2 is 1.90 bits per heavy atom. The first-order valence-corrected chi connectivity index (χ1v) is 14.9. The van der Waals surface area contributed by atoms with Gasteiger partial charge >= 0.3 is 0 Å². The predicted molar refractivity (Wildman–Crippen MR) is 151 cm³/mol. The number of likely N-dealkylation sites (tertiary alicyclic amines) is 1. The normalized spacial score (nSPS) is 16.9. The van der Waals surface area contributed by atoms with Crippen molar-refractivity contribution in [3.8, 4) is 6.07 Å². The molecule has 0 aliphatic carbocycles. The van der Waals surface area contributed by atoms with Crippen LogP contribution < -0.4 is 5.32 Å². The standard InChI is InChI=1S/C30H30N6O3S/c31-17-21-3-5-22(6-4-21)19-35-13-9-24(10-14-35)33-30(37)23-7-8-28-26(16-23)27-20-36(15-11-29(27)34-28)40(38,39)25-2-1-12-32-18-25/h1-8,12,16,18,24,34H,9-11,13-15,19-20H2,(H,33,37). The molecule has 204 valence electrons. The molecular formula is C30H30N6O3S. The number of amides is 1. The number of nitrogens with one attached hydrogen (secondary N) is 2. The van der Waals surface area contributed by atoms with E-state index in [2.05, 4.69) is 26.3 Å². The van der Waals surface area contributed by atoms with Crippen LogP contribution in [0, 0.1) is 11.3 Å². The summed E-state index contributed by atoms with van der Waals surface area (Å²) in [5, 5.41) is 13.1. The van der Waals surface area contributed by atoms with Gasteiger partial charge in [0.15, 0.2) is 0 Å². The lowest BCUT2D eigenvalue weighted by Crippen LogP contribution is -2.44. The zero-order valence-corrected chi connectivity index (χ0v) is 22.8. The molecule has 6 rings (SSSR count). The van der Waals surface area contributed by atoms with Gasteiger partial charge in [0.05, 0.1) is 11.6 Å². The van der Waals surface area contributed by atoms with Gasteiger partial charge in [0.1, 0.15) is 4.90 Å². The van der Waals surface area contributed by atoms with Crippen LogP contribution in [0.25, 0.3) is 10.9 Å². The van der Waals surface area contributed by atoms with Gasteiger partial charge in [-0.05, 0) is 66.4 Å². The Kier molecular flexibility index (Phi) is 7.11. The number of nitriles is 1. The second kappa shape index (κ2) is 10.8. The number of hydrogen-bond donors (Lipinski definition) is 2. The quantitative estimate of drug-likeness (QED) is 0.376. The molecule has 2 aromatic heterocycles. The first-order chi connectivity index (χ1) is 19.4. The minimum Gasteiger partial charge on any atom is -0.358 e. The number of hydrogen-bond acceptors (Lipinski definition) is 6. The second-order valence-electron chi connectivity index (χ2n) is 10.5. The molecule has 0 bridgehead atoms. The molecule has 9 nitrogen and oxygen atoms in total. The highest BCUT2D eigenvalue weighted by Crippen LogP contribution is 2.31. The highest BCUT2D eigenvalue weighted by Gasteiger charge is 2.31. The summed E-state index contributed by atoms with van der Waals surface area (Å²) in [7, 11) is -3.66. The molecule has 4 heterocycles. The first-order valence-electron chi connectivity index (χ1n) is 13.5. The average Bonchev–Trinajstić information content (AvgIpc) is 3.36. The van der Waals surface area contributed by atoms with E-state index in [0.717, 1.165) is 54.6 Å². The van der Waals surface area contributed by atoms with Crippen LogP contribution in [0.3, 0.4) is 0 Å². The zero-order chi connectivity index (χ0) is 27.7. The van der Waals surface area contributed by atoms with E-state index < -0.39 is 10.0 Å². The summed E-state index contributed by atoms with van der Waals surface area (Å²) in [5.41, 5.74) is 5.24. The molecule has 0 atom stereocenters. The lowest BCUT2D eigenvalue weighted by molar-refractivity contribution is 0.0909. The molecule has 0 saturated carbocycles. The highest BCUT2D eigenvalue weighted by atomic mass is 32.2. The number of carbonyl (C=O) groups is 1. The van der Waals surface area contributed by atoms with E-state index in [9.17, 15) is 13.2 Å². The van der Waals surface area contributed by atoms with Crippen molar-refractivity contribution in [3.05, 3.63) is 94.9 Å². The van der Waals surface area contributed by atoms with Crippen LogP contribution in [0.15, 0.2) is 71.9 Å². The Labute approximate surface area is 233 Å². The van der Waals surface area contributed by atoms with Crippen molar-refractivity contribution in [2.24, 2.45) is 0 Å². The van der Waals surface area contributed by atoms with Gasteiger partial charge in [0.2, 0.25) is 10.0 Å². The largest absolute Gasteiger partial charge is 0.358 e. The number of piperidine rings is 1. The van der Waals surface area contributed by atoms with E-state index in [1.807, 2.05) is 42.5 Å². The molecule has 2 aliphatic rings. The molecule has 10 heteroatoms. The van der Waals surface area contributed by atoms with Crippen molar-refractivity contribution < 1.29 is 13.2 Å². The smallest absolute Gasteiger partial charge is 0.251 e. The Morgan fingerprint density at radius 1 is 1.10 bits per heavy atom. The molecule has 1 saturated heterocycles. The minimum absolute atomic E-state index is 0.0978. The van der Waals surface area contributed by atoms with Crippen molar-refractivity contribution in [2.75, 3.05) is 19.6 Å². The molecule has 0 unspecified atom stereocenters. The number of pyridine rings is 1. The number of benzene rings is 2. The van der Waals surface area contributed by atoms with Crippen LogP contribution in [0.5, 0.6) is 0 Å². The zero-order valence-electron chi connectivity index (χ0n) is 22.0. The van der Waals surface area contributed by atoms with Gasteiger partial charge in [0.25, 0.3) is 5.91 Å². The number of carbonyl (C=O) groups excluding carboxylic acids is 1. The lowest BCUT2D eigenvalue weighted by atomic mass is 10.0. The SMILES string of the molecule is N#Cc1ccc(CN2CCC(NC(=O)c3ccc4[nH]c5c(c4c3)CN(S(=O)(=O)c3cccnc3)CC5)CC2)cc1. The van der Waals surface area contributed by atoms with Crippen molar-refractivity contribution in [3.63, 3.8) is 0 Å². The van der Waals surface area contributed by atoms with Crippen LogP contribution in [0.4, 0.5) is 0 Å². The molecule has 0 spiro atoms. The Balaban J connectivity index is 1.11. The van der Waals surface area contributed by atoms with Crippen molar-refractivity contribution in [1.29, 1.82) is 5.26 Å². The molecule has 40 heavy (non-hydrogen) atoms. The molecule has 1 amide bonds. The van der Waals surface area contributed by atoms with Gasteiger partial charge in [-0.1, -0.05) is 12.1 Å². The van der Waals surface area contributed by atoms with E-state index in [-0.39, 0.29) is 23.4 Å². The third kappa shape index (κ3) is 5.23. The number of rotatable bonds is 6. The molecule has 0 radical (unpaired) electrons. The summed E-state index contributed by atoms with van der Waals surface area (Å²) in [5.74, 6) is -0.113. The first kappa shape index (κ1) is 26.2. The van der Waals surface area contributed by atoms with Crippen LogP contribution in [-0.4, -0.2) is 59.2 Å². The van der Waals surface area contributed by atoms with Crippen LogP contribution in [0.1, 0.15) is 45.6 Å². The molecular weight excluding hydrogens is 524 g/mol. The van der Waals surface area contributed by atoms with Gasteiger partial charge in [-0.25, -0.2) is 8.42 Å². The highest BCUT2D eigenvalue weighted by molar-refractivity contribution is 7.89. The summed E-state index contributed by atoms with van der Waals surface area (Å²) in [6.07, 6.45) is 5.24. The number of fused-ring (bicyclic) bond motifs is 3. The number of nitrogens with zero attached hydrogens (tertiary/aromatic N) is 4. The topological polar surface area (TPSA) is 122 Å². The average molecular weight is 555 g/mol. The van der Waals surface area contributed by atoms with Gasteiger partial charge < -0.3 is 10.3 Å². The van der Waals surface area contributed by atoms with E-state index >= 15 is 0 Å². The van der Waals surface area contributed by atoms with Crippen LogP contribution >= 0.6 is 0 Å². The Hall–Kier alpha value is -4.04. The van der Waals surface area contributed by atoms with E-state index in [1.165, 1.54) is 16.1 Å². The molecule has 2 N–H and O–H groups in total. The third-order valence-electron chi connectivity index (χ3n) is 7.89. The van der Waals surface area contributed by atoms with Crippen LogP contribution in [-0.2, 0) is 29.5 Å². The summed E-state index contributed by atoms with van der Waals surface area (Å²) in [6, 6.07) is 18.7. The van der Waals surface area contributed by atoms with Crippen LogP contribution in [0.2, 0.25) is 0 Å². The third-order valence-corrected chi connectivity index (χ3v) is 9.72. The molecule has 2 aromatic carbocycles. The number of H-pyrrole nitrogens is 1. The fourth-order valence-corrected chi connectivity index (χ4v) is 7.01. The predicted octanol–water partition coefficient (Wildman–Crippen LogP) is 3.58. The fourth-order valence-electron chi connectivity index (χ4n) is 5.63. The van der Waals surface area contributed by atoms with E-state index in [4.69, 9.17) is 5.26 Å². The lowest BCUT2D eigenvalue weighted by Gasteiger charge is -2.32. The van der Waals surface area contributed by atoms with E-state index in [1.54, 1.807) is 18.3 Å². The maximum Gasteiger partial charge on any atom is 0.251 e. The maximum absolute atomic E-state index is 13.2. The number of aromatic nitrogens is 2. The fraction of sp³-hybridized carbons (Fsp3) is 0.300. The second-order valence-corrected chi connectivity index (χ2v) is 12.4. The Morgan fingerprint density at radius 3 is 2.62 bits per heavy atom. The summed E-state index contributed by atoms with van der Waals surface area (Å²) in [6.45, 7) is 3.23. The monoisotopic (exact) mass is 554 g/mol. The number of sulfonamides is 1. The van der Waals surface area contributed by atoms with Crippen molar-refractivity contribution in [2.45, 2.75) is 43.3 Å². The van der Waals surface area contributed by atoms with Crippen molar-refractivity contribution >= 4 is 26.8 Å². The molecule has 1 fully saturated rings. The van der Waals surface area contributed by atoms with Gasteiger partial charge in [0, 0.05) is 79.7 Å². The Bertz CT molecular complexity index is 1690. The van der Waals surface area contributed by atoms with E-state index in [0.29, 0.717) is 24.1 Å². The summed E-state index contributed by atoms with van der Waals surface area (Å²) < 4.78 is 27.9.